The van der Waals surface area contributed by atoms with E-state index in [0.717, 1.165) is 0 Å². The van der Waals surface area contributed by atoms with E-state index in [1.54, 1.807) is 38.1 Å². The molecule has 17 heavy (non-hydrogen) atoms. The van der Waals surface area contributed by atoms with Crippen LogP contribution in [0.25, 0.3) is 0 Å². The highest BCUT2D eigenvalue weighted by molar-refractivity contribution is 5.86. The van der Waals surface area contributed by atoms with E-state index in [1.807, 2.05) is 12.1 Å². The molecule has 0 saturated carbocycles. The number of aliphatic hydroxyl groups excluding tert-OH is 1. The molecule has 4 heteroatoms. The Labute approximate surface area is 101 Å². The predicted molar refractivity (Wildman–Crippen MR) is 64.1 cm³/mol. The molecule has 0 aliphatic rings. The second kappa shape index (κ2) is 5.46. The number of carbonyl (C=O) groups is 1. The van der Waals surface area contributed by atoms with E-state index >= 15 is 0 Å². The molecule has 0 bridgehead atoms. The van der Waals surface area contributed by atoms with Gasteiger partial charge in [-0.25, -0.2) is 0 Å². The Morgan fingerprint density at radius 2 is 2.06 bits per heavy atom. The lowest BCUT2D eigenvalue weighted by Crippen LogP contribution is -2.47. The first-order chi connectivity index (χ1) is 8.00. The summed E-state index contributed by atoms with van der Waals surface area (Å²) in [4.78, 5) is 11.9. The van der Waals surface area contributed by atoms with Crippen LogP contribution in [-0.4, -0.2) is 23.2 Å². The van der Waals surface area contributed by atoms with Crippen molar-refractivity contribution in [3.05, 3.63) is 35.9 Å². The summed E-state index contributed by atoms with van der Waals surface area (Å²) in [7, 11) is 0. The molecule has 1 unspecified atom stereocenters. The van der Waals surface area contributed by atoms with Crippen LogP contribution in [0.5, 0.6) is 0 Å². The van der Waals surface area contributed by atoms with Crippen LogP contribution >= 0.6 is 0 Å². The lowest BCUT2D eigenvalue weighted by Gasteiger charge is -2.24. The molecule has 0 aliphatic carbocycles. The van der Waals surface area contributed by atoms with Gasteiger partial charge in [0.1, 0.15) is 5.92 Å². The predicted octanol–water partition coefficient (Wildman–Crippen LogP) is 1.18. The SMILES string of the molecule is CC(C)(CO)NC(=O)C(C#N)c1ccccc1. The Morgan fingerprint density at radius 3 is 2.53 bits per heavy atom. The smallest absolute Gasteiger partial charge is 0.242 e. The molecular weight excluding hydrogens is 216 g/mol. The van der Waals surface area contributed by atoms with E-state index in [4.69, 9.17) is 10.4 Å². The first-order valence-electron chi connectivity index (χ1n) is 5.37. The van der Waals surface area contributed by atoms with Crippen LogP contribution in [0.15, 0.2) is 30.3 Å². The minimum Gasteiger partial charge on any atom is -0.394 e. The van der Waals surface area contributed by atoms with Crippen molar-refractivity contribution >= 4 is 5.91 Å². The van der Waals surface area contributed by atoms with E-state index in [1.165, 1.54) is 0 Å². The van der Waals surface area contributed by atoms with Crippen molar-refractivity contribution in [3.8, 4) is 6.07 Å². The molecule has 1 aromatic rings. The van der Waals surface area contributed by atoms with Gasteiger partial charge in [0, 0.05) is 0 Å². The van der Waals surface area contributed by atoms with Gasteiger partial charge in [-0.3, -0.25) is 4.79 Å². The Kier molecular flexibility index (Phi) is 4.24. The number of nitrogens with one attached hydrogen (secondary N) is 1. The topological polar surface area (TPSA) is 73.1 Å². The van der Waals surface area contributed by atoms with E-state index in [0.29, 0.717) is 5.56 Å². The molecule has 0 heterocycles. The molecule has 90 valence electrons. The fourth-order valence-electron chi connectivity index (χ4n) is 1.38. The number of rotatable bonds is 4. The van der Waals surface area contributed by atoms with Crippen molar-refractivity contribution in [3.63, 3.8) is 0 Å². The van der Waals surface area contributed by atoms with Crippen LogP contribution in [0.2, 0.25) is 0 Å². The highest BCUT2D eigenvalue weighted by Crippen LogP contribution is 2.16. The van der Waals surface area contributed by atoms with Gasteiger partial charge < -0.3 is 10.4 Å². The molecule has 0 aromatic heterocycles. The highest BCUT2D eigenvalue weighted by atomic mass is 16.3. The number of amides is 1. The van der Waals surface area contributed by atoms with Crippen molar-refractivity contribution in [2.45, 2.75) is 25.3 Å². The van der Waals surface area contributed by atoms with Crippen molar-refractivity contribution in [2.75, 3.05) is 6.61 Å². The summed E-state index contributed by atoms with van der Waals surface area (Å²) in [6, 6.07) is 10.8. The van der Waals surface area contributed by atoms with E-state index in [-0.39, 0.29) is 6.61 Å². The summed E-state index contributed by atoms with van der Waals surface area (Å²) in [6.07, 6.45) is 0. The summed E-state index contributed by atoms with van der Waals surface area (Å²) >= 11 is 0. The standard InChI is InChI=1S/C13H16N2O2/c1-13(2,9-16)15-12(17)11(8-14)10-6-4-3-5-7-10/h3-7,11,16H,9H2,1-2H3,(H,15,17). The molecule has 1 aromatic carbocycles. The third kappa shape index (κ3) is 3.58. The summed E-state index contributed by atoms with van der Waals surface area (Å²) in [5.74, 6) is -1.24. The number of aliphatic hydroxyl groups is 1. The average molecular weight is 232 g/mol. The lowest BCUT2D eigenvalue weighted by atomic mass is 9.98. The normalized spacial score (nSPS) is 12.6. The fraction of sp³-hybridized carbons (Fsp3) is 0.385. The third-order valence-corrected chi connectivity index (χ3v) is 2.38. The average Bonchev–Trinajstić information content (AvgIpc) is 2.31. The molecule has 1 atom stereocenters. The van der Waals surface area contributed by atoms with E-state index < -0.39 is 17.4 Å². The van der Waals surface area contributed by atoms with Crippen LogP contribution in [0.1, 0.15) is 25.3 Å². The summed E-state index contributed by atoms with van der Waals surface area (Å²) in [6.45, 7) is 3.22. The molecule has 0 fully saturated rings. The Balaban J connectivity index is 2.84. The van der Waals surface area contributed by atoms with Gasteiger partial charge in [-0.15, -0.1) is 0 Å². The van der Waals surface area contributed by atoms with Crippen LogP contribution < -0.4 is 5.32 Å². The maximum absolute atomic E-state index is 11.9. The number of carbonyl (C=O) groups excluding carboxylic acids is 1. The Hall–Kier alpha value is -1.86. The van der Waals surface area contributed by atoms with Crippen LogP contribution in [-0.2, 0) is 4.79 Å². The van der Waals surface area contributed by atoms with Crippen molar-refractivity contribution < 1.29 is 9.90 Å². The lowest BCUT2D eigenvalue weighted by molar-refractivity contribution is -0.123. The molecule has 4 nitrogen and oxygen atoms in total. The zero-order chi connectivity index (χ0) is 12.9. The fourth-order valence-corrected chi connectivity index (χ4v) is 1.38. The Bertz CT molecular complexity index is 421. The molecule has 0 saturated heterocycles. The van der Waals surface area contributed by atoms with Gasteiger partial charge in [-0.2, -0.15) is 5.26 Å². The zero-order valence-electron chi connectivity index (χ0n) is 9.97. The number of nitrogens with zero attached hydrogens (tertiary/aromatic N) is 1. The monoisotopic (exact) mass is 232 g/mol. The first kappa shape index (κ1) is 13.2. The largest absolute Gasteiger partial charge is 0.394 e. The maximum atomic E-state index is 11.9. The first-order valence-corrected chi connectivity index (χ1v) is 5.37. The number of nitriles is 1. The van der Waals surface area contributed by atoms with Gasteiger partial charge in [0.05, 0.1) is 18.2 Å². The second-order valence-corrected chi connectivity index (χ2v) is 4.50. The quantitative estimate of drug-likeness (QED) is 0.818. The van der Waals surface area contributed by atoms with Crippen LogP contribution in [0.4, 0.5) is 0 Å². The molecule has 2 N–H and O–H groups in total. The molecular formula is C13H16N2O2. The highest BCUT2D eigenvalue weighted by Gasteiger charge is 2.26. The number of benzene rings is 1. The number of hydrogen-bond acceptors (Lipinski definition) is 3. The molecule has 0 spiro atoms. The van der Waals surface area contributed by atoms with E-state index in [9.17, 15) is 4.79 Å². The summed E-state index contributed by atoms with van der Waals surface area (Å²) in [5, 5.41) is 20.8. The Morgan fingerprint density at radius 1 is 1.47 bits per heavy atom. The zero-order valence-corrected chi connectivity index (χ0v) is 9.97. The molecule has 1 rings (SSSR count). The van der Waals surface area contributed by atoms with Gasteiger partial charge in [0.25, 0.3) is 0 Å². The van der Waals surface area contributed by atoms with Gasteiger partial charge in [-0.1, -0.05) is 30.3 Å². The maximum Gasteiger partial charge on any atom is 0.242 e. The van der Waals surface area contributed by atoms with Crippen LogP contribution in [0.3, 0.4) is 0 Å². The van der Waals surface area contributed by atoms with Crippen LogP contribution in [0, 0.1) is 11.3 Å². The summed E-state index contributed by atoms with van der Waals surface area (Å²) < 4.78 is 0. The minimum atomic E-state index is -0.845. The van der Waals surface area contributed by atoms with Gasteiger partial charge in [0.15, 0.2) is 0 Å². The minimum absolute atomic E-state index is 0.175. The second-order valence-electron chi connectivity index (χ2n) is 4.50. The van der Waals surface area contributed by atoms with Gasteiger partial charge >= 0.3 is 0 Å². The number of hydrogen-bond donors (Lipinski definition) is 2. The van der Waals surface area contributed by atoms with Gasteiger partial charge in [0.2, 0.25) is 5.91 Å². The van der Waals surface area contributed by atoms with Crippen molar-refractivity contribution in [1.82, 2.24) is 5.32 Å². The molecule has 0 radical (unpaired) electrons. The molecule has 0 aliphatic heterocycles. The van der Waals surface area contributed by atoms with E-state index in [2.05, 4.69) is 5.32 Å². The van der Waals surface area contributed by atoms with Crippen molar-refractivity contribution in [1.29, 1.82) is 5.26 Å². The van der Waals surface area contributed by atoms with Gasteiger partial charge in [-0.05, 0) is 19.4 Å². The van der Waals surface area contributed by atoms with Crippen molar-refractivity contribution in [2.24, 2.45) is 0 Å². The third-order valence-electron chi connectivity index (χ3n) is 2.38. The molecule has 1 amide bonds. The summed E-state index contributed by atoms with van der Waals surface area (Å²) in [5.41, 5.74) is -0.0673.